The number of nitrogens with one attached hydrogen (secondary N) is 1. The highest BCUT2D eigenvalue weighted by atomic mass is 19.1. The van der Waals surface area contributed by atoms with Crippen LogP contribution < -0.4 is 19.7 Å². The number of rotatable bonds is 5. The first-order valence-electron chi connectivity index (χ1n) is 10.5. The number of ether oxygens (including phenoxy) is 2. The number of aromatic nitrogens is 4. The molecule has 1 aliphatic heterocycles. The van der Waals surface area contributed by atoms with Crippen LogP contribution in [0.2, 0.25) is 0 Å². The summed E-state index contributed by atoms with van der Waals surface area (Å²) in [5.41, 5.74) is 3.53. The number of anilines is 3. The Kier molecular flexibility index (Phi) is 5.29. The Labute approximate surface area is 190 Å². The molecule has 33 heavy (non-hydrogen) atoms. The summed E-state index contributed by atoms with van der Waals surface area (Å²) < 4.78 is 26.7. The topological polar surface area (TPSA) is 77.3 Å². The third-order valence-corrected chi connectivity index (χ3v) is 5.62. The fraction of sp³-hybridized carbons (Fsp3) is 0.208. The van der Waals surface area contributed by atoms with Gasteiger partial charge in [-0.15, -0.1) is 0 Å². The van der Waals surface area contributed by atoms with Gasteiger partial charge in [-0.25, -0.2) is 14.4 Å². The number of methoxy groups -OCH3 is 1. The molecule has 0 amide bonds. The van der Waals surface area contributed by atoms with Crippen LogP contribution in [-0.2, 0) is 0 Å². The minimum Gasteiger partial charge on any atom is -0.494 e. The summed E-state index contributed by atoms with van der Waals surface area (Å²) in [6.45, 7) is 2.37. The van der Waals surface area contributed by atoms with E-state index in [2.05, 4.69) is 20.3 Å². The lowest BCUT2D eigenvalue weighted by molar-refractivity contribution is 0.265. The van der Waals surface area contributed by atoms with E-state index in [1.807, 2.05) is 47.8 Å². The molecule has 1 unspecified atom stereocenters. The molecule has 0 saturated heterocycles. The first-order valence-corrected chi connectivity index (χ1v) is 10.5. The minimum absolute atomic E-state index is 0.0844. The van der Waals surface area contributed by atoms with Gasteiger partial charge in [0.2, 0.25) is 5.95 Å². The predicted octanol–water partition coefficient (Wildman–Crippen LogP) is 4.43. The number of aryl methyl sites for hydroxylation is 1. The molecule has 0 radical (unpaired) electrons. The zero-order chi connectivity index (χ0) is 22.9. The normalized spacial score (nSPS) is 15.0. The van der Waals surface area contributed by atoms with E-state index in [1.54, 1.807) is 31.8 Å². The fourth-order valence-corrected chi connectivity index (χ4v) is 3.86. The minimum atomic E-state index is -0.267. The molecule has 1 aliphatic rings. The van der Waals surface area contributed by atoms with Gasteiger partial charge in [0.15, 0.2) is 11.6 Å². The summed E-state index contributed by atoms with van der Waals surface area (Å²) >= 11 is 0. The number of halogens is 1. The molecule has 2 aromatic heterocycles. The fourth-order valence-electron chi connectivity index (χ4n) is 3.86. The largest absolute Gasteiger partial charge is 0.494 e. The first kappa shape index (κ1) is 20.7. The molecular weight excluding hydrogens is 423 g/mol. The first-order chi connectivity index (χ1) is 16.0. The molecule has 0 saturated carbocycles. The second-order valence-electron chi connectivity index (χ2n) is 7.80. The van der Waals surface area contributed by atoms with Crippen molar-refractivity contribution in [2.45, 2.75) is 13.0 Å². The number of hydrogen-bond donors (Lipinski definition) is 1. The maximum Gasteiger partial charge on any atom is 0.229 e. The Morgan fingerprint density at radius 2 is 1.97 bits per heavy atom. The van der Waals surface area contributed by atoms with Crippen molar-refractivity contribution in [3.05, 3.63) is 78.3 Å². The standard InChI is InChI=1S/C24H23FN6O2/c1-15-12-31(14-27-15)19-9-8-18(10-21(19)32-3)28-24-26-11-22-23(29-24)30(2)20(13-33-22)16-4-6-17(25)7-5-16/h4-12,14,20H,13H2,1-3H3,(H,26,28,29). The number of hydrogen-bond acceptors (Lipinski definition) is 7. The van der Waals surface area contributed by atoms with Crippen molar-refractivity contribution in [3.63, 3.8) is 0 Å². The van der Waals surface area contributed by atoms with Crippen LogP contribution in [0.4, 0.5) is 21.8 Å². The second kappa shape index (κ2) is 8.42. The average molecular weight is 446 g/mol. The van der Waals surface area contributed by atoms with Crippen molar-refractivity contribution in [3.8, 4) is 17.2 Å². The molecule has 168 valence electrons. The summed E-state index contributed by atoms with van der Waals surface area (Å²) in [5.74, 6) is 2.11. The van der Waals surface area contributed by atoms with Gasteiger partial charge in [-0.05, 0) is 36.8 Å². The van der Waals surface area contributed by atoms with Crippen molar-refractivity contribution in [2.75, 3.05) is 31.0 Å². The molecule has 5 rings (SSSR count). The van der Waals surface area contributed by atoms with Crippen LogP contribution >= 0.6 is 0 Å². The molecule has 0 fully saturated rings. The molecule has 9 heteroatoms. The maximum absolute atomic E-state index is 13.3. The van der Waals surface area contributed by atoms with Gasteiger partial charge in [0.05, 0.1) is 37.1 Å². The van der Waals surface area contributed by atoms with Gasteiger partial charge in [0.25, 0.3) is 0 Å². The van der Waals surface area contributed by atoms with Crippen LogP contribution in [0, 0.1) is 12.7 Å². The van der Waals surface area contributed by atoms with Gasteiger partial charge < -0.3 is 24.3 Å². The molecule has 0 aliphatic carbocycles. The lowest BCUT2D eigenvalue weighted by atomic mass is 10.1. The highest BCUT2D eigenvalue weighted by Gasteiger charge is 2.28. The Bertz CT molecular complexity index is 1290. The Balaban J connectivity index is 1.40. The van der Waals surface area contributed by atoms with E-state index in [1.165, 1.54) is 12.1 Å². The average Bonchev–Trinajstić information content (AvgIpc) is 3.26. The summed E-state index contributed by atoms with van der Waals surface area (Å²) in [4.78, 5) is 15.4. The Morgan fingerprint density at radius 3 is 2.70 bits per heavy atom. The summed E-state index contributed by atoms with van der Waals surface area (Å²) in [7, 11) is 3.57. The molecular formula is C24H23FN6O2. The van der Waals surface area contributed by atoms with Gasteiger partial charge in [-0.1, -0.05) is 12.1 Å². The number of benzene rings is 2. The SMILES string of the molecule is COc1cc(Nc2ncc3c(n2)N(C)C(c2ccc(F)cc2)CO3)ccc1-n1cnc(C)c1. The lowest BCUT2D eigenvalue weighted by Gasteiger charge is -2.35. The summed E-state index contributed by atoms with van der Waals surface area (Å²) in [6.07, 6.45) is 5.34. The molecule has 1 N–H and O–H groups in total. The highest BCUT2D eigenvalue weighted by Crippen LogP contribution is 2.37. The Morgan fingerprint density at radius 1 is 1.15 bits per heavy atom. The van der Waals surface area contributed by atoms with Crippen LogP contribution in [0.25, 0.3) is 5.69 Å². The second-order valence-corrected chi connectivity index (χ2v) is 7.80. The monoisotopic (exact) mass is 446 g/mol. The Hall–Kier alpha value is -4.14. The third kappa shape index (κ3) is 4.05. The smallest absolute Gasteiger partial charge is 0.229 e. The van der Waals surface area contributed by atoms with E-state index >= 15 is 0 Å². The van der Waals surface area contributed by atoms with E-state index in [0.29, 0.717) is 29.9 Å². The van der Waals surface area contributed by atoms with Gasteiger partial charge in [0, 0.05) is 25.0 Å². The highest BCUT2D eigenvalue weighted by molar-refractivity contribution is 5.64. The van der Waals surface area contributed by atoms with Crippen molar-refractivity contribution in [2.24, 2.45) is 0 Å². The van der Waals surface area contributed by atoms with Crippen LogP contribution in [0.15, 0.2) is 61.2 Å². The predicted molar refractivity (Wildman–Crippen MR) is 123 cm³/mol. The van der Waals surface area contributed by atoms with Gasteiger partial charge in [-0.2, -0.15) is 4.98 Å². The number of nitrogens with zero attached hydrogens (tertiary/aromatic N) is 5. The molecule has 0 spiro atoms. The molecule has 3 heterocycles. The molecule has 0 bridgehead atoms. The van der Waals surface area contributed by atoms with Crippen LogP contribution in [-0.4, -0.2) is 40.3 Å². The quantitative estimate of drug-likeness (QED) is 0.486. The maximum atomic E-state index is 13.3. The van der Waals surface area contributed by atoms with Gasteiger partial charge >= 0.3 is 0 Å². The van der Waals surface area contributed by atoms with Crippen LogP contribution in [0.1, 0.15) is 17.3 Å². The molecule has 2 aromatic carbocycles. The van der Waals surface area contributed by atoms with E-state index < -0.39 is 0 Å². The van der Waals surface area contributed by atoms with Gasteiger partial charge in [0.1, 0.15) is 18.2 Å². The van der Waals surface area contributed by atoms with E-state index in [-0.39, 0.29) is 11.9 Å². The van der Waals surface area contributed by atoms with Crippen LogP contribution in [0.5, 0.6) is 11.5 Å². The molecule has 1 atom stereocenters. The summed E-state index contributed by atoms with van der Waals surface area (Å²) in [6, 6.07) is 12.1. The third-order valence-electron chi connectivity index (χ3n) is 5.62. The van der Waals surface area contributed by atoms with Crippen molar-refractivity contribution >= 4 is 17.5 Å². The number of imidazole rings is 1. The van der Waals surface area contributed by atoms with Crippen molar-refractivity contribution < 1.29 is 13.9 Å². The van der Waals surface area contributed by atoms with E-state index in [9.17, 15) is 4.39 Å². The van der Waals surface area contributed by atoms with Gasteiger partial charge in [-0.3, -0.25) is 0 Å². The summed E-state index contributed by atoms with van der Waals surface area (Å²) in [5, 5.41) is 3.24. The number of likely N-dealkylation sites (N-methyl/N-ethyl adjacent to an activating group) is 1. The molecule has 4 aromatic rings. The van der Waals surface area contributed by atoms with E-state index in [0.717, 1.165) is 22.6 Å². The molecule has 8 nitrogen and oxygen atoms in total. The van der Waals surface area contributed by atoms with Crippen molar-refractivity contribution in [1.82, 2.24) is 19.5 Å². The van der Waals surface area contributed by atoms with Crippen LogP contribution in [0.3, 0.4) is 0 Å². The zero-order valence-electron chi connectivity index (χ0n) is 18.5. The van der Waals surface area contributed by atoms with E-state index in [4.69, 9.17) is 9.47 Å². The van der Waals surface area contributed by atoms with Crippen molar-refractivity contribution in [1.29, 1.82) is 0 Å². The lowest BCUT2D eigenvalue weighted by Crippen LogP contribution is -2.34. The zero-order valence-corrected chi connectivity index (χ0v) is 18.5. The number of fused-ring (bicyclic) bond motifs is 1.